The van der Waals surface area contributed by atoms with Gasteiger partial charge < -0.3 is 0 Å². The normalized spacial score (nSPS) is 12.9. The van der Waals surface area contributed by atoms with Crippen molar-refractivity contribution in [1.29, 1.82) is 0 Å². The maximum atomic E-state index is 5.65. The van der Waals surface area contributed by atoms with Crippen LogP contribution in [0.4, 0.5) is 0 Å². The molecule has 0 aromatic carbocycles. The van der Waals surface area contributed by atoms with Crippen LogP contribution in [0.3, 0.4) is 0 Å². The summed E-state index contributed by atoms with van der Waals surface area (Å²) in [7, 11) is 0. The number of nitrogens with one attached hydrogen (secondary N) is 1. The van der Waals surface area contributed by atoms with Gasteiger partial charge in [-0.25, -0.2) is 0 Å². The van der Waals surface area contributed by atoms with E-state index in [2.05, 4.69) is 28.8 Å². The van der Waals surface area contributed by atoms with Crippen LogP contribution in [0.15, 0.2) is 23.2 Å². The van der Waals surface area contributed by atoms with Crippen molar-refractivity contribution in [1.82, 2.24) is 10.4 Å². The van der Waals surface area contributed by atoms with Gasteiger partial charge in [-0.3, -0.25) is 16.3 Å². The second-order valence-corrected chi connectivity index (χ2v) is 5.47. The molecular formula is C11H15N3S2. The van der Waals surface area contributed by atoms with E-state index in [0.717, 1.165) is 12.8 Å². The molecule has 0 spiro atoms. The highest BCUT2D eigenvalue weighted by atomic mass is 32.1. The minimum Gasteiger partial charge on any atom is -0.271 e. The molecule has 0 saturated heterocycles. The maximum absolute atomic E-state index is 5.65. The van der Waals surface area contributed by atoms with Gasteiger partial charge in [-0.2, -0.15) is 0 Å². The van der Waals surface area contributed by atoms with Crippen LogP contribution in [-0.2, 0) is 12.8 Å². The van der Waals surface area contributed by atoms with Crippen LogP contribution >= 0.6 is 22.7 Å². The highest BCUT2D eigenvalue weighted by molar-refractivity contribution is 7.10. The molecule has 2 aromatic heterocycles. The van der Waals surface area contributed by atoms with Crippen molar-refractivity contribution in [3.8, 4) is 0 Å². The van der Waals surface area contributed by atoms with Gasteiger partial charge in [0, 0.05) is 22.4 Å². The number of aromatic nitrogens is 1. The Kier molecular flexibility index (Phi) is 4.06. The Balaban J connectivity index is 2.16. The number of hydrazine groups is 1. The van der Waals surface area contributed by atoms with Gasteiger partial charge in [0.05, 0.1) is 11.6 Å². The average molecular weight is 253 g/mol. The summed E-state index contributed by atoms with van der Waals surface area (Å²) >= 11 is 3.45. The number of aryl methyl sites for hydroxylation is 1. The lowest BCUT2D eigenvalue weighted by Crippen LogP contribution is -2.29. The van der Waals surface area contributed by atoms with E-state index in [1.807, 2.05) is 11.7 Å². The van der Waals surface area contributed by atoms with Gasteiger partial charge in [0.1, 0.15) is 0 Å². The number of nitrogens with two attached hydrogens (primary N) is 1. The molecule has 3 nitrogen and oxygen atoms in total. The van der Waals surface area contributed by atoms with Crippen LogP contribution in [0.1, 0.15) is 28.3 Å². The predicted octanol–water partition coefficient (Wildman–Crippen LogP) is 2.51. The third-order valence-electron chi connectivity index (χ3n) is 2.57. The molecule has 2 rings (SSSR count). The molecule has 0 saturated carbocycles. The number of thiazole rings is 1. The van der Waals surface area contributed by atoms with E-state index in [1.54, 1.807) is 22.7 Å². The van der Waals surface area contributed by atoms with Crippen LogP contribution in [0.2, 0.25) is 0 Å². The summed E-state index contributed by atoms with van der Waals surface area (Å²) in [5.41, 5.74) is 6.15. The summed E-state index contributed by atoms with van der Waals surface area (Å²) < 4.78 is 0. The molecule has 0 aliphatic rings. The minimum atomic E-state index is 0.204. The molecule has 0 bridgehead atoms. The number of hydrogen-bond acceptors (Lipinski definition) is 5. The van der Waals surface area contributed by atoms with Gasteiger partial charge in [0.25, 0.3) is 0 Å². The largest absolute Gasteiger partial charge is 0.271 e. The first-order valence-corrected chi connectivity index (χ1v) is 7.00. The van der Waals surface area contributed by atoms with Crippen LogP contribution in [0.5, 0.6) is 0 Å². The maximum Gasteiger partial charge on any atom is 0.0794 e. The van der Waals surface area contributed by atoms with Crippen molar-refractivity contribution in [2.45, 2.75) is 25.8 Å². The second-order valence-electron chi connectivity index (χ2n) is 3.55. The summed E-state index contributed by atoms with van der Waals surface area (Å²) in [6.45, 7) is 2.17. The Morgan fingerprint density at radius 3 is 3.00 bits per heavy atom. The molecule has 3 N–H and O–H groups in total. The molecule has 0 aliphatic heterocycles. The standard InChI is InChI=1S/C11H15N3S2/c1-2-8-3-4-15-11(8)10(14-12)5-9-6-13-7-16-9/h3-4,6-7,10,14H,2,5,12H2,1H3. The lowest BCUT2D eigenvalue weighted by molar-refractivity contribution is 0.560. The average Bonchev–Trinajstić information content (AvgIpc) is 2.96. The summed E-state index contributed by atoms with van der Waals surface area (Å²) in [6.07, 6.45) is 3.88. The molecule has 86 valence electrons. The van der Waals surface area contributed by atoms with Crippen molar-refractivity contribution in [2.24, 2.45) is 5.84 Å². The third kappa shape index (κ3) is 2.49. The Morgan fingerprint density at radius 2 is 2.38 bits per heavy atom. The zero-order valence-corrected chi connectivity index (χ0v) is 10.8. The lowest BCUT2D eigenvalue weighted by atomic mass is 10.1. The summed E-state index contributed by atoms with van der Waals surface area (Å²) in [5, 5.41) is 2.13. The molecule has 1 unspecified atom stereocenters. The molecule has 0 radical (unpaired) electrons. The quantitative estimate of drug-likeness (QED) is 0.636. The first-order chi connectivity index (χ1) is 7.85. The van der Waals surface area contributed by atoms with Crippen LogP contribution in [0, 0.1) is 0 Å². The monoisotopic (exact) mass is 253 g/mol. The van der Waals surface area contributed by atoms with Crippen molar-refractivity contribution in [3.63, 3.8) is 0 Å². The van der Waals surface area contributed by atoms with E-state index < -0.39 is 0 Å². The highest BCUT2D eigenvalue weighted by Gasteiger charge is 2.15. The van der Waals surface area contributed by atoms with E-state index in [4.69, 9.17) is 5.84 Å². The van der Waals surface area contributed by atoms with Crippen LogP contribution < -0.4 is 11.3 Å². The fourth-order valence-electron chi connectivity index (χ4n) is 1.72. The molecule has 2 heterocycles. The molecule has 1 atom stereocenters. The lowest BCUT2D eigenvalue weighted by Gasteiger charge is -2.14. The molecular weight excluding hydrogens is 238 g/mol. The zero-order chi connectivity index (χ0) is 11.4. The van der Waals surface area contributed by atoms with Gasteiger partial charge >= 0.3 is 0 Å². The summed E-state index contributed by atoms with van der Waals surface area (Å²) in [6, 6.07) is 2.38. The van der Waals surface area contributed by atoms with Crippen LogP contribution in [-0.4, -0.2) is 4.98 Å². The Labute approximate surface area is 103 Å². The Morgan fingerprint density at radius 1 is 1.50 bits per heavy atom. The predicted molar refractivity (Wildman–Crippen MR) is 69.6 cm³/mol. The number of hydrogen-bond donors (Lipinski definition) is 2. The molecule has 5 heteroatoms. The van der Waals surface area contributed by atoms with Crippen molar-refractivity contribution in [2.75, 3.05) is 0 Å². The number of thiophene rings is 1. The Hall–Kier alpha value is -0.750. The Bertz CT molecular complexity index is 422. The highest BCUT2D eigenvalue weighted by Crippen LogP contribution is 2.28. The van der Waals surface area contributed by atoms with Gasteiger partial charge in [-0.05, 0) is 23.4 Å². The van der Waals surface area contributed by atoms with Crippen molar-refractivity contribution in [3.05, 3.63) is 38.5 Å². The fraction of sp³-hybridized carbons (Fsp3) is 0.364. The van der Waals surface area contributed by atoms with E-state index in [9.17, 15) is 0 Å². The van der Waals surface area contributed by atoms with Crippen molar-refractivity contribution < 1.29 is 0 Å². The van der Waals surface area contributed by atoms with Gasteiger partial charge in [0.15, 0.2) is 0 Å². The molecule has 0 aliphatic carbocycles. The smallest absolute Gasteiger partial charge is 0.0794 e. The molecule has 0 amide bonds. The second kappa shape index (κ2) is 5.54. The molecule has 0 fully saturated rings. The minimum absolute atomic E-state index is 0.204. The van der Waals surface area contributed by atoms with Gasteiger partial charge in [-0.15, -0.1) is 22.7 Å². The van der Waals surface area contributed by atoms with Gasteiger partial charge in [-0.1, -0.05) is 6.92 Å². The number of rotatable bonds is 5. The molecule has 16 heavy (non-hydrogen) atoms. The van der Waals surface area contributed by atoms with Gasteiger partial charge in [0.2, 0.25) is 0 Å². The summed E-state index contributed by atoms with van der Waals surface area (Å²) in [5.74, 6) is 5.65. The van der Waals surface area contributed by atoms with Crippen LogP contribution in [0.25, 0.3) is 0 Å². The number of nitrogens with zero attached hydrogens (tertiary/aromatic N) is 1. The van der Waals surface area contributed by atoms with E-state index >= 15 is 0 Å². The first-order valence-electron chi connectivity index (χ1n) is 5.25. The van der Waals surface area contributed by atoms with Crippen molar-refractivity contribution >= 4 is 22.7 Å². The zero-order valence-electron chi connectivity index (χ0n) is 9.14. The van der Waals surface area contributed by atoms with E-state index in [1.165, 1.54) is 15.3 Å². The topological polar surface area (TPSA) is 50.9 Å². The van der Waals surface area contributed by atoms with E-state index in [-0.39, 0.29) is 6.04 Å². The molecule has 2 aromatic rings. The third-order valence-corrected chi connectivity index (χ3v) is 4.44. The SMILES string of the molecule is CCc1ccsc1C(Cc1cncs1)NN. The fourth-order valence-corrected chi connectivity index (χ4v) is 3.42. The first kappa shape index (κ1) is 11.7. The van der Waals surface area contributed by atoms with E-state index in [0.29, 0.717) is 0 Å². The summed E-state index contributed by atoms with van der Waals surface area (Å²) in [4.78, 5) is 6.69.